The SMILES string of the molecule is CNS(=O)(=O)Cc1ccc(CN[C@@H](C)c2ccsc2)cc1. The normalized spacial score (nSPS) is 13.2. The molecule has 0 fully saturated rings. The highest BCUT2D eigenvalue weighted by Crippen LogP contribution is 2.16. The van der Waals surface area contributed by atoms with Gasteiger partial charge < -0.3 is 5.32 Å². The Bertz CT molecular complexity index is 649. The smallest absolute Gasteiger partial charge is 0.215 e. The van der Waals surface area contributed by atoms with Gasteiger partial charge in [-0.25, -0.2) is 13.1 Å². The summed E-state index contributed by atoms with van der Waals surface area (Å²) in [5.41, 5.74) is 3.22. The van der Waals surface area contributed by atoms with Crippen LogP contribution < -0.4 is 10.0 Å². The Morgan fingerprint density at radius 1 is 1.14 bits per heavy atom. The Balaban J connectivity index is 1.91. The summed E-state index contributed by atoms with van der Waals surface area (Å²) in [4.78, 5) is 0. The molecule has 1 heterocycles. The van der Waals surface area contributed by atoms with Gasteiger partial charge in [-0.1, -0.05) is 24.3 Å². The second-order valence-corrected chi connectivity index (χ2v) is 7.65. The van der Waals surface area contributed by atoms with E-state index in [1.54, 1.807) is 11.3 Å². The van der Waals surface area contributed by atoms with Crippen molar-refractivity contribution in [1.29, 1.82) is 0 Å². The lowest BCUT2D eigenvalue weighted by atomic mass is 10.1. The predicted molar refractivity (Wildman–Crippen MR) is 87.7 cm³/mol. The molecule has 1 aromatic carbocycles. The van der Waals surface area contributed by atoms with E-state index in [9.17, 15) is 8.42 Å². The standard InChI is InChI=1S/C15H20N2O2S2/c1-12(15-7-8-20-10-15)17-9-13-3-5-14(6-4-13)11-21(18,19)16-2/h3-8,10,12,16-17H,9,11H2,1-2H3/t12-/m0/s1. The van der Waals surface area contributed by atoms with Crippen molar-refractivity contribution in [1.82, 2.24) is 10.0 Å². The lowest BCUT2D eigenvalue weighted by Crippen LogP contribution is -2.20. The van der Waals surface area contributed by atoms with Crippen molar-refractivity contribution in [2.75, 3.05) is 7.05 Å². The summed E-state index contributed by atoms with van der Waals surface area (Å²) in [7, 11) is -1.78. The summed E-state index contributed by atoms with van der Waals surface area (Å²) < 4.78 is 25.3. The van der Waals surface area contributed by atoms with E-state index in [4.69, 9.17) is 0 Å². The maximum atomic E-state index is 11.5. The number of nitrogens with one attached hydrogen (secondary N) is 2. The molecule has 0 aliphatic carbocycles. The Kier molecular flexibility index (Phi) is 5.52. The van der Waals surface area contributed by atoms with Gasteiger partial charge in [-0.05, 0) is 47.5 Å². The molecule has 0 aliphatic rings. The van der Waals surface area contributed by atoms with E-state index in [1.165, 1.54) is 12.6 Å². The van der Waals surface area contributed by atoms with Gasteiger partial charge in [0.05, 0.1) is 5.75 Å². The molecule has 1 aromatic heterocycles. The van der Waals surface area contributed by atoms with Crippen LogP contribution >= 0.6 is 11.3 Å². The summed E-state index contributed by atoms with van der Waals surface area (Å²) in [6, 6.07) is 10.1. The van der Waals surface area contributed by atoms with E-state index in [1.807, 2.05) is 24.3 Å². The van der Waals surface area contributed by atoms with Crippen LogP contribution in [0.15, 0.2) is 41.1 Å². The van der Waals surface area contributed by atoms with Gasteiger partial charge in [-0.2, -0.15) is 11.3 Å². The van der Waals surface area contributed by atoms with Gasteiger partial charge in [0.2, 0.25) is 10.0 Å². The predicted octanol–water partition coefficient (Wildman–Crippen LogP) is 2.65. The first kappa shape index (κ1) is 16.2. The average molecular weight is 324 g/mol. The Morgan fingerprint density at radius 3 is 2.38 bits per heavy atom. The van der Waals surface area contributed by atoms with E-state index in [0.29, 0.717) is 6.04 Å². The fourth-order valence-corrected chi connectivity index (χ4v) is 3.48. The molecule has 1 atom stereocenters. The number of benzene rings is 1. The van der Waals surface area contributed by atoms with Gasteiger partial charge >= 0.3 is 0 Å². The van der Waals surface area contributed by atoms with Crippen molar-refractivity contribution in [3.63, 3.8) is 0 Å². The lowest BCUT2D eigenvalue weighted by molar-refractivity contribution is 0.576. The minimum absolute atomic E-state index is 0.0164. The molecule has 0 amide bonds. The fraction of sp³-hybridized carbons (Fsp3) is 0.333. The average Bonchev–Trinajstić information content (AvgIpc) is 3.00. The molecule has 0 radical (unpaired) electrons. The number of thiophene rings is 1. The van der Waals surface area contributed by atoms with Crippen molar-refractivity contribution in [2.24, 2.45) is 0 Å². The highest BCUT2D eigenvalue weighted by atomic mass is 32.2. The van der Waals surface area contributed by atoms with E-state index < -0.39 is 10.0 Å². The Morgan fingerprint density at radius 2 is 1.81 bits per heavy atom. The van der Waals surface area contributed by atoms with Crippen LogP contribution in [0, 0.1) is 0 Å². The summed E-state index contributed by atoms with van der Waals surface area (Å²) in [6.45, 7) is 2.89. The van der Waals surface area contributed by atoms with Gasteiger partial charge in [-0.15, -0.1) is 0 Å². The second kappa shape index (κ2) is 7.17. The highest BCUT2D eigenvalue weighted by molar-refractivity contribution is 7.88. The zero-order valence-corrected chi connectivity index (χ0v) is 13.8. The van der Waals surface area contributed by atoms with Gasteiger partial charge in [0, 0.05) is 12.6 Å². The minimum Gasteiger partial charge on any atom is -0.306 e. The Hall–Kier alpha value is -1.21. The topological polar surface area (TPSA) is 58.2 Å². The van der Waals surface area contributed by atoms with Crippen LogP contribution in [0.2, 0.25) is 0 Å². The van der Waals surface area contributed by atoms with E-state index in [2.05, 4.69) is 33.8 Å². The van der Waals surface area contributed by atoms with Crippen LogP contribution in [-0.4, -0.2) is 15.5 Å². The molecular weight excluding hydrogens is 304 g/mol. The third kappa shape index (κ3) is 4.93. The van der Waals surface area contributed by atoms with E-state index in [0.717, 1.165) is 17.7 Å². The zero-order chi connectivity index (χ0) is 15.3. The van der Waals surface area contributed by atoms with Crippen molar-refractivity contribution in [3.8, 4) is 0 Å². The van der Waals surface area contributed by atoms with Gasteiger partial charge in [0.25, 0.3) is 0 Å². The molecule has 6 heteroatoms. The number of sulfonamides is 1. The molecular formula is C15H20N2O2S2. The van der Waals surface area contributed by atoms with Gasteiger partial charge in [0.15, 0.2) is 0 Å². The maximum Gasteiger partial charge on any atom is 0.215 e. The first-order valence-corrected chi connectivity index (χ1v) is 9.34. The van der Waals surface area contributed by atoms with Crippen molar-refractivity contribution < 1.29 is 8.42 Å². The van der Waals surface area contributed by atoms with Gasteiger partial charge in [0.1, 0.15) is 0 Å². The monoisotopic (exact) mass is 324 g/mol. The maximum absolute atomic E-state index is 11.5. The number of hydrogen-bond acceptors (Lipinski definition) is 4. The summed E-state index contributed by atoms with van der Waals surface area (Å²) in [6.07, 6.45) is 0. The third-order valence-electron chi connectivity index (χ3n) is 3.35. The first-order chi connectivity index (χ1) is 10.00. The molecule has 0 unspecified atom stereocenters. The van der Waals surface area contributed by atoms with Crippen LogP contribution in [0.4, 0.5) is 0 Å². The second-order valence-electron chi connectivity index (χ2n) is 4.94. The lowest BCUT2D eigenvalue weighted by Gasteiger charge is -2.12. The largest absolute Gasteiger partial charge is 0.306 e. The zero-order valence-electron chi connectivity index (χ0n) is 12.2. The first-order valence-electron chi connectivity index (χ1n) is 6.74. The molecule has 0 bridgehead atoms. The van der Waals surface area contributed by atoms with Crippen LogP contribution in [0.1, 0.15) is 29.7 Å². The van der Waals surface area contributed by atoms with Crippen LogP contribution in [0.5, 0.6) is 0 Å². The summed E-state index contributed by atoms with van der Waals surface area (Å²) in [5.74, 6) is 0.0164. The molecule has 2 N–H and O–H groups in total. The van der Waals surface area contributed by atoms with E-state index in [-0.39, 0.29) is 5.75 Å². The van der Waals surface area contributed by atoms with E-state index >= 15 is 0 Å². The molecule has 0 saturated carbocycles. The third-order valence-corrected chi connectivity index (χ3v) is 5.38. The number of hydrogen-bond donors (Lipinski definition) is 2. The van der Waals surface area contributed by atoms with Crippen molar-refractivity contribution in [2.45, 2.75) is 25.3 Å². The molecule has 114 valence electrons. The van der Waals surface area contributed by atoms with Crippen molar-refractivity contribution in [3.05, 3.63) is 57.8 Å². The minimum atomic E-state index is -3.21. The Labute approximate surface area is 130 Å². The summed E-state index contributed by atoms with van der Waals surface area (Å²) >= 11 is 1.70. The fourth-order valence-electron chi connectivity index (χ4n) is 1.96. The van der Waals surface area contributed by atoms with Crippen LogP contribution in [0.25, 0.3) is 0 Å². The molecule has 2 rings (SSSR count). The molecule has 0 saturated heterocycles. The molecule has 4 nitrogen and oxygen atoms in total. The quantitative estimate of drug-likeness (QED) is 0.823. The van der Waals surface area contributed by atoms with Gasteiger partial charge in [-0.3, -0.25) is 0 Å². The number of rotatable bonds is 7. The molecule has 0 aliphatic heterocycles. The molecule has 2 aromatic rings. The van der Waals surface area contributed by atoms with Crippen LogP contribution in [-0.2, 0) is 22.3 Å². The van der Waals surface area contributed by atoms with Crippen LogP contribution in [0.3, 0.4) is 0 Å². The summed E-state index contributed by atoms with van der Waals surface area (Å²) in [5, 5.41) is 7.67. The van der Waals surface area contributed by atoms with Crippen molar-refractivity contribution >= 4 is 21.4 Å². The molecule has 0 spiro atoms. The molecule has 21 heavy (non-hydrogen) atoms. The highest BCUT2D eigenvalue weighted by Gasteiger charge is 2.08.